The number of halogens is 1. The van der Waals surface area contributed by atoms with Crippen molar-refractivity contribution in [3.05, 3.63) is 34.5 Å². The molecule has 3 heteroatoms. The zero-order valence-corrected chi connectivity index (χ0v) is 8.70. The molecule has 0 saturated heterocycles. The monoisotopic (exact) mass is 210 g/mol. The Hall–Kier alpha value is -0.930. The Morgan fingerprint density at radius 2 is 2.21 bits per heavy atom. The topological polar surface area (TPSA) is 20.2 Å². The lowest BCUT2D eigenvalue weighted by molar-refractivity contribution is 0.283. The molecule has 0 fully saturated rings. The van der Waals surface area contributed by atoms with E-state index in [-0.39, 0.29) is 11.7 Å². The highest BCUT2D eigenvalue weighted by atomic mass is 32.1. The summed E-state index contributed by atoms with van der Waals surface area (Å²) in [6.45, 7) is 1.91. The van der Waals surface area contributed by atoms with Crippen LogP contribution in [0.4, 0.5) is 4.39 Å². The normalized spacial score (nSPS) is 11.1. The Morgan fingerprint density at radius 1 is 1.43 bits per heavy atom. The summed E-state index contributed by atoms with van der Waals surface area (Å²) in [5.41, 5.74) is 1.58. The maximum absolute atomic E-state index is 13.5. The van der Waals surface area contributed by atoms with Crippen molar-refractivity contribution in [3.63, 3.8) is 0 Å². The quantitative estimate of drug-likeness (QED) is 0.807. The van der Waals surface area contributed by atoms with Crippen LogP contribution in [0.1, 0.15) is 18.1 Å². The fourth-order valence-electron chi connectivity index (χ4n) is 1.65. The molecule has 0 unspecified atom stereocenters. The molecular weight excluding hydrogens is 199 g/mol. The van der Waals surface area contributed by atoms with Crippen molar-refractivity contribution >= 4 is 21.4 Å². The second-order valence-electron chi connectivity index (χ2n) is 3.16. The molecule has 0 amide bonds. The maximum Gasteiger partial charge on any atom is 0.180 e. The largest absolute Gasteiger partial charge is 0.392 e. The number of aryl methyl sites for hydroxylation is 1. The van der Waals surface area contributed by atoms with E-state index in [2.05, 4.69) is 0 Å². The van der Waals surface area contributed by atoms with Crippen molar-refractivity contribution in [2.45, 2.75) is 20.0 Å². The molecular formula is C11H11FOS. The molecule has 0 saturated carbocycles. The van der Waals surface area contributed by atoms with E-state index in [1.54, 1.807) is 0 Å². The SMILES string of the molecule is CCc1c(F)sc2c(CO)cccc12. The van der Waals surface area contributed by atoms with Crippen molar-refractivity contribution in [1.82, 2.24) is 0 Å². The molecule has 1 aromatic heterocycles. The summed E-state index contributed by atoms with van der Waals surface area (Å²) >= 11 is 1.13. The van der Waals surface area contributed by atoms with Crippen LogP contribution < -0.4 is 0 Å². The van der Waals surface area contributed by atoms with Gasteiger partial charge in [-0.25, -0.2) is 0 Å². The minimum absolute atomic E-state index is 0.0273. The summed E-state index contributed by atoms with van der Waals surface area (Å²) in [5, 5.41) is 9.92. The maximum atomic E-state index is 13.5. The first kappa shape index (κ1) is 9.62. The van der Waals surface area contributed by atoms with E-state index >= 15 is 0 Å². The van der Waals surface area contributed by atoms with Crippen LogP contribution in [-0.2, 0) is 13.0 Å². The van der Waals surface area contributed by atoms with E-state index in [0.717, 1.165) is 32.5 Å². The van der Waals surface area contributed by atoms with Gasteiger partial charge in [-0.05, 0) is 17.4 Å². The van der Waals surface area contributed by atoms with Gasteiger partial charge in [-0.1, -0.05) is 25.1 Å². The molecule has 0 radical (unpaired) electrons. The Balaban J connectivity index is 2.79. The Kier molecular flexibility index (Phi) is 2.52. The Labute approximate surface area is 85.8 Å². The van der Waals surface area contributed by atoms with Crippen molar-refractivity contribution in [1.29, 1.82) is 0 Å². The third kappa shape index (κ3) is 1.33. The van der Waals surface area contributed by atoms with Crippen LogP contribution in [0.5, 0.6) is 0 Å². The molecule has 0 aliphatic rings. The van der Waals surface area contributed by atoms with Crippen molar-refractivity contribution in [2.75, 3.05) is 0 Å². The van der Waals surface area contributed by atoms with E-state index < -0.39 is 0 Å². The van der Waals surface area contributed by atoms with Gasteiger partial charge in [0.2, 0.25) is 0 Å². The number of rotatable bonds is 2. The van der Waals surface area contributed by atoms with Gasteiger partial charge in [0, 0.05) is 10.3 Å². The molecule has 1 heterocycles. The molecule has 74 valence electrons. The Morgan fingerprint density at radius 3 is 2.86 bits per heavy atom. The third-order valence-corrected chi connectivity index (χ3v) is 3.49. The fraction of sp³-hybridized carbons (Fsp3) is 0.273. The van der Waals surface area contributed by atoms with Crippen LogP contribution in [0.15, 0.2) is 18.2 Å². The molecule has 2 rings (SSSR count). The smallest absolute Gasteiger partial charge is 0.180 e. The van der Waals surface area contributed by atoms with Gasteiger partial charge in [-0.2, -0.15) is 4.39 Å². The van der Waals surface area contributed by atoms with Gasteiger partial charge >= 0.3 is 0 Å². The van der Waals surface area contributed by atoms with Gasteiger partial charge in [0.1, 0.15) is 0 Å². The molecule has 1 N–H and O–H groups in total. The molecule has 14 heavy (non-hydrogen) atoms. The van der Waals surface area contributed by atoms with Gasteiger partial charge < -0.3 is 5.11 Å². The molecule has 0 aliphatic carbocycles. The van der Waals surface area contributed by atoms with Crippen LogP contribution in [0.3, 0.4) is 0 Å². The fourth-order valence-corrected chi connectivity index (χ4v) is 2.78. The van der Waals surface area contributed by atoms with E-state index in [1.807, 2.05) is 25.1 Å². The molecule has 1 aromatic carbocycles. The number of aliphatic hydroxyl groups excluding tert-OH is 1. The predicted octanol–water partition coefficient (Wildman–Crippen LogP) is 3.10. The highest BCUT2D eigenvalue weighted by Crippen LogP contribution is 2.32. The first-order chi connectivity index (χ1) is 6.77. The highest BCUT2D eigenvalue weighted by Gasteiger charge is 2.12. The summed E-state index contributed by atoms with van der Waals surface area (Å²) in [4.78, 5) is 0. The van der Waals surface area contributed by atoms with Crippen LogP contribution in [0.2, 0.25) is 0 Å². The van der Waals surface area contributed by atoms with E-state index in [0.29, 0.717) is 6.42 Å². The number of hydrogen-bond acceptors (Lipinski definition) is 2. The van der Waals surface area contributed by atoms with Crippen molar-refractivity contribution < 1.29 is 9.50 Å². The zero-order valence-electron chi connectivity index (χ0n) is 7.88. The molecule has 0 atom stereocenters. The van der Waals surface area contributed by atoms with Gasteiger partial charge in [-0.15, -0.1) is 11.3 Å². The first-order valence-electron chi connectivity index (χ1n) is 4.57. The van der Waals surface area contributed by atoms with E-state index in [4.69, 9.17) is 5.11 Å². The van der Waals surface area contributed by atoms with Crippen LogP contribution in [0, 0.1) is 5.13 Å². The molecule has 1 nitrogen and oxygen atoms in total. The van der Waals surface area contributed by atoms with E-state index in [9.17, 15) is 4.39 Å². The van der Waals surface area contributed by atoms with E-state index in [1.165, 1.54) is 0 Å². The molecule has 0 spiro atoms. The minimum atomic E-state index is -0.122. The van der Waals surface area contributed by atoms with Gasteiger partial charge in [0.05, 0.1) is 6.61 Å². The second-order valence-corrected chi connectivity index (χ2v) is 4.13. The summed E-state index contributed by atoms with van der Waals surface area (Å²) in [6, 6.07) is 5.60. The first-order valence-corrected chi connectivity index (χ1v) is 5.39. The Bertz CT molecular complexity index is 462. The van der Waals surface area contributed by atoms with Gasteiger partial charge in [-0.3, -0.25) is 0 Å². The van der Waals surface area contributed by atoms with Gasteiger partial charge in [0.15, 0.2) is 5.13 Å². The lowest BCUT2D eigenvalue weighted by atomic mass is 10.1. The van der Waals surface area contributed by atoms with Crippen LogP contribution in [0.25, 0.3) is 10.1 Å². The summed E-state index contributed by atoms with van der Waals surface area (Å²) < 4.78 is 14.3. The number of benzene rings is 1. The number of hydrogen-bond donors (Lipinski definition) is 1. The van der Waals surface area contributed by atoms with Gasteiger partial charge in [0.25, 0.3) is 0 Å². The number of aliphatic hydroxyl groups is 1. The standard InChI is InChI=1S/C11H11FOS/c1-2-8-9-5-3-4-7(6-13)10(9)14-11(8)12/h3-5,13H,2,6H2,1H3. The average Bonchev–Trinajstić information content (AvgIpc) is 2.52. The second kappa shape index (κ2) is 3.67. The van der Waals surface area contributed by atoms with Crippen LogP contribution in [-0.4, -0.2) is 5.11 Å². The lowest BCUT2D eigenvalue weighted by Crippen LogP contribution is -1.83. The van der Waals surface area contributed by atoms with Crippen molar-refractivity contribution in [3.8, 4) is 0 Å². The predicted molar refractivity (Wildman–Crippen MR) is 57.1 cm³/mol. The number of fused-ring (bicyclic) bond motifs is 1. The minimum Gasteiger partial charge on any atom is -0.392 e. The molecule has 2 aromatic rings. The summed E-state index contributed by atoms with van der Waals surface area (Å²) in [7, 11) is 0. The third-order valence-electron chi connectivity index (χ3n) is 2.37. The summed E-state index contributed by atoms with van der Waals surface area (Å²) in [5.74, 6) is 0. The lowest BCUT2D eigenvalue weighted by Gasteiger charge is -1.98. The molecule has 0 bridgehead atoms. The van der Waals surface area contributed by atoms with Crippen molar-refractivity contribution in [2.24, 2.45) is 0 Å². The van der Waals surface area contributed by atoms with Crippen LogP contribution >= 0.6 is 11.3 Å². The summed E-state index contributed by atoms with van der Waals surface area (Å²) in [6.07, 6.45) is 0.695. The number of thiophene rings is 1. The zero-order chi connectivity index (χ0) is 10.1. The highest BCUT2D eigenvalue weighted by molar-refractivity contribution is 7.17. The molecule has 0 aliphatic heterocycles. The average molecular weight is 210 g/mol.